The quantitative estimate of drug-likeness (QED) is 0.670. The lowest BCUT2D eigenvalue weighted by Gasteiger charge is -2.07. The molecule has 0 amide bonds. The summed E-state index contributed by atoms with van der Waals surface area (Å²) in [6, 6.07) is 6.59. The Morgan fingerprint density at radius 1 is 1.35 bits per heavy atom. The molecule has 1 aromatic carbocycles. The Morgan fingerprint density at radius 2 is 2.15 bits per heavy atom. The van der Waals surface area contributed by atoms with Gasteiger partial charge in [-0.05, 0) is 24.6 Å². The minimum Gasteiger partial charge on any atom is -0.307 e. The Labute approximate surface area is 124 Å². The molecule has 0 atom stereocenters. The standard InChI is InChI=1S/C13H13BrN4O2/c1-9-16-5-4-11(17-9)8-15-7-10-2-3-12(18(19)20)6-13(10)14/h2-6,15H,7-8H2,1H3. The van der Waals surface area contributed by atoms with Crippen molar-refractivity contribution in [1.29, 1.82) is 0 Å². The van der Waals surface area contributed by atoms with E-state index >= 15 is 0 Å². The first kappa shape index (κ1) is 14.5. The lowest BCUT2D eigenvalue weighted by Crippen LogP contribution is -2.14. The highest BCUT2D eigenvalue weighted by atomic mass is 79.9. The SMILES string of the molecule is Cc1nccc(CNCc2ccc([N+](=O)[O-])cc2Br)n1. The summed E-state index contributed by atoms with van der Waals surface area (Å²) in [5.41, 5.74) is 1.95. The van der Waals surface area contributed by atoms with Crippen molar-refractivity contribution in [3.63, 3.8) is 0 Å². The summed E-state index contributed by atoms with van der Waals surface area (Å²) < 4.78 is 0.720. The molecule has 1 aromatic heterocycles. The van der Waals surface area contributed by atoms with E-state index in [1.807, 2.05) is 13.0 Å². The number of benzene rings is 1. The average molecular weight is 337 g/mol. The molecule has 0 saturated heterocycles. The van der Waals surface area contributed by atoms with Gasteiger partial charge in [-0.2, -0.15) is 0 Å². The molecule has 1 N–H and O–H groups in total. The van der Waals surface area contributed by atoms with Crippen LogP contribution in [0.2, 0.25) is 0 Å². The van der Waals surface area contributed by atoms with Gasteiger partial charge in [-0.25, -0.2) is 9.97 Å². The number of aromatic nitrogens is 2. The Kier molecular flexibility index (Phi) is 4.75. The molecule has 0 bridgehead atoms. The maximum atomic E-state index is 10.7. The van der Waals surface area contributed by atoms with Crippen molar-refractivity contribution in [2.24, 2.45) is 0 Å². The van der Waals surface area contributed by atoms with Crippen LogP contribution in [0.25, 0.3) is 0 Å². The molecule has 104 valence electrons. The fourth-order valence-electron chi connectivity index (χ4n) is 1.72. The lowest BCUT2D eigenvalue weighted by molar-refractivity contribution is -0.384. The molecular weight excluding hydrogens is 324 g/mol. The minimum atomic E-state index is -0.411. The zero-order valence-electron chi connectivity index (χ0n) is 10.8. The lowest BCUT2D eigenvalue weighted by atomic mass is 10.2. The smallest absolute Gasteiger partial charge is 0.270 e. The highest BCUT2D eigenvalue weighted by molar-refractivity contribution is 9.10. The fraction of sp³-hybridized carbons (Fsp3) is 0.231. The predicted octanol–water partition coefficient (Wildman–Crippen LogP) is 2.75. The molecule has 20 heavy (non-hydrogen) atoms. The van der Waals surface area contributed by atoms with E-state index in [9.17, 15) is 10.1 Å². The third kappa shape index (κ3) is 3.82. The van der Waals surface area contributed by atoms with Gasteiger partial charge in [-0.1, -0.05) is 15.9 Å². The van der Waals surface area contributed by atoms with Gasteiger partial charge in [-0.15, -0.1) is 0 Å². The highest BCUT2D eigenvalue weighted by Crippen LogP contribution is 2.22. The number of hydrogen-bond donors (Lipinski definition) is 1. The number of nitro groups is 1. The Balaban J connectivity index is 1.96. The summed E-state index contributed by atoms with van der Waals surface area (Å²) in [6.07, 6.45) is 1.72. The number of aryl methyl sites for hydroxylation is 1. The van der Waals surface area contributed by atoms with Crippen molar-refractivity contribution < 1.29 is 4.92 Å². The van der Waals surface area contributed by atoms with Crippen molar-refractivity contribution >= 4 is 21.6 Å². The zero-order valence-corrected chi connectivity index (χ0v) is 12.4. The third-order valence-corrected chi connectivity index (χ3v) is 3.44. The molecule has 2 aromatic rings. The van der Waals surface area contributed by atoms with Crippen LogP contribution in [0, 0.1) is 17.0 Å². The summed E-state index contributed by atoms with van der Waals surface area (Å²) in [6.45, 7) is 3.06. The highest BCUT2D eigenvalue weighted by Gasteiger charge is 2.08. The molecule has 2 rings (SSSR count). The molecule has 0 saturated carbocycles. The second-order valence-corrected chi connectivity index (χ2v) is 5.09. The summed E-state index contributed by atoms with van der Waals surface area (Å²) >= 11 is 3.34. The first-order valence-electron chi connectivity index (χ1n) is 5.98. The zero-order chi connectivity index (χ0) is 14.5. The van der Waals surface area contributed by atoms with Gasteiger partial charge in [0, 0.05) is 35.9 Å². The second kappa shape index (κ2) is 6.53. The summed E-state index contributed by atoms with van der Waals surface area (Å²) in [5.74, 6) is 0.737. The van der Waals surface area contributed by atoms with Crippen LogP contribution in [0.4, 0.5) is 5.69 Å². The van der Waals surface area contributed by atoms with Crippen LogP contribution in [-0.2, 0) is 13.1 Å². The maximum Gasteiger partial charge on any atom is 0.270 e. The van der Waals surface area contributed by atoms with E-state index in [1.165, 1.54) is 12.1 Å². The number of non-ortho nitro benzene ring substituents is 1. The van der Waals surface area contributed by atoms with Gasteiger partial charge < -0.3 is 5.32 Å². The minimum absolute atomic E-state index is 0.0760. The third-order valence-electron chi connectivity index (χ3n) is 2.70. The Morgan fingerprint density at radius 3 is 2.80 bits per heavy atom. The van der Waals surface area contributed by atoms with Gasteiger partial charge in [0.15, 0.2) is 0 Å². The van der Waals surface area contributed by atoms with Crippen LogP contribution in [0.5, 0.6) is 0 Å². The first-order chi connectivity index (χ1) is 9.56. The number of rotatable bonds is 5. The molecule has 0 aliphatic carbocycles. The van der Waals surface area contributed by atoms with Gasteiger partial charge in [0.1, 0.15) is 5.82 Å². The topological polar surface area (TPSA) is 81.0 Å². The molecule has 0 aliphatic heterocycles. The molecule has 0 unspecified atom stereocenters. The van der Waals surface area contributed by atoms with Crippen LogP contribution in [0.3, 0.4) is 0 Å². The van der Waals surface area contributed by atoms with Gasteiger partial charge in [0.25, 0.3) is 5.69 Å². The van der Waals surface area contributed by atoms with Gasteiger partial charge in [0.05, 0.1) is 10.6 Å². The van der Waals surface area contributed by atoms with Crippen LogP contribution in [-0.4, -0.2) is 14.9 Å². The van der Waals surface area contributed by atoms with Crippen molar-refractivity contribution in [2.45, 2.75) is 20.0 Å². The number of halogens is 1. The van der Waals surface area contributed by atoms with Crippen molar-refractivity contribution in [2.75, 3.05) is 0 Å². The number of hydrogen-bond acceptors (Lipinski definition) is 5. The van der Waals surface area contributed by atoms with E-state index in [1.54, 1.807) is 12.3 Å². The van der Waals surface area contributed by atoms with Crippen LogP contribution in [0.1, 0.15) is 17.1 Å². The maximum absolute atomic E-state index is 10.7. The number of nitrogens with zero attached hydrogens (tertiary/aromatic N) is 3. The van der Waals surface area contributed by atoms with Crippen molar-refractivity contribution in [1.82, 2.24) is 15.3 Å². The van der Waals surface area contributed by atoms with Crippen LogP contribution >= 0.6 is 15.9 Å². The molecule has 0 radical (unpaired) electrons. The summed E-state index contributed by atoms with van der Waals surface area (Å²) in [7, 11) is 0. The molecule has 6 nitrogen and oxygen atoms in total. The first-order valence-corrected chi connectivity index (χ1v) is 6.77. The van der Waals surface area contributed by atoms with E-state index in [0.717, 1.165) is 21.6 Å². The molecule has 1 heterocycles. The second-order valence-electron chi connectivity index (χ2n) is 4.23. The van der Waals surface area contributed by atoms with Crippen molar-refractivity contribution in [3.05, 3.63) is 62.1 Å². The predicted molar refractivity (Wildman–Crippen MR) is 78.1 cm³/mol. The largest absolute Gasteiger partial charge is 0.307 e. The van der Waals surface area contributed by atoms with Crippen LogP contribution < -0.4 is 5.32 Å². The normalized spacial score (nSPS) is 10.5. The van der Waals surface area contributed by atoms with Crippen LogP contribution in [0.15, 0.2) is 34.9 Å². The summed E-state index contributed by atoms with van der Waals surface area (Å²) in [5, 5.41) is 13.9. The monoisotopic (exact) mass is 336 g/mol. The van der Waals surface area contributed by atoms with Gasteiger partial charge in [-0.3, -0.25) is 10.1 Å². The molecule has 0 spiro atoms. The average Bonchev–Trinajstić information content (AvgIpc) is 2.40. The van der Waals surface area contributed by atoms with E-state index in [-0.39, 0.29) is 5.69 Å². The van der Waals surface area contributed by atoms with E-state index in [0.29, 0.717) is 13.1 Å². The summed E-state index contributed by atoms with van der Waals surface area (Å²) in [4.78, 5) is 18.6. The molecule has 7 heteroatoms. The molecule has 0 fully saturated rings. The van der Waals surface area contributed by atoms with Crippen molar-refractivity contribution in [3.8, 4) is 0 Å². The molecule has 0 aliphatic rings. The fourth-order valence-corrected chi connectivity index (χ4v) is 2.23. The van der Waals surface area contributed by atoms with E-state index in [4.69, 9.17) is 0 Å². The Hall–Kier alpha value is -1.86. The molecular formula is C13H13BrN4O2. The van der Waals surface area contributed by atoms with E-state index in [2.05, 4.69) is 31.2 Å². The Bertz CT molecular complexity index is 634. The number of nitrogens with one attached hydrogen (secondary N) is 1. The van der Waals surface area contributed by atoms with Gasteiger partial charge >= 0.3 is 0 Å². The van der Waals surface area contributed by atoms with Gasteiger partial charge in [0.2, 0.25) is 0 Å². The number of nitro benzene ring substituents is 1. The van der Waals surface area contributed by atoms with E-state index < -0.39 is 4.92 Å².